The summed E-state index contributed by atoms with van der Waals surface area (Å²) in [4.78, 5) is 26.9. The number of hydrogen-bond donors (Lipinski definition) is 0. The second kappa shape index (κ2) is 6.56. The van der Waals surface area contributed by atoms with Crippen LogP contribution in [-0.2, 0) is 6.42 Å². The lowest BCUT2D eigenvalue weighted by Gasteiger charge is -2.20. The summed E-state index contributed by atoms with van der Waals surface area (Å²) in [6, 6.07) is 12.0. The Bertz CT molecular complexity index is 751. The molecular formula is C21H22O2S. The summed E-state index contributed by atoms with van der Waals surface area (Å²) in [5.74, 6) is 0.360. The lowest BCUT2D eigenvalue weighted by atomic mass is 9.94. The van der Waals surface area contributed by atoms with Gasteiger partial charge in [0, 0.05) is 32.8 Å². The first-order valence-electron chi connectivity index (χ1n) is 8.39. The van der Waals surface area contributed by atoms with Gasteiger partial charge in [0.2, 0.25) is 0 Å². The molecule has 0 N–H and O–H groups in total. The highest BCUT2D eigenvalue weighted by atomic mass is 32.2. The van der Waals surface area contributed by atoms with Crippen LogP contribution < -0.4 is 0 Å². The number of ketones is 2. The average Bonchev–Trinajstić information content (AvgIpc) is 2.57. The van der Waals surface area contributed by atoms with Crippen LogP contribution in [0.15, 0.2) is 46.2 Å². The van der Waals surface area contributed by atoms with E-state index in [0.717, 1.165) is 17.5 Å². The van der Waals surface area contributed by atoms with E-state index in [1.54, 1.807) is 11.8 Å². The van der Waals surface area contributed by atoms with Gasteiger partial charge in [-0.05, 0) is 41.8 Å². The predicted octanol–water partition coefficient (Wildman–Crippen LogP) is 5.42. The molecule has 0 fully saturated rings. The van der Waals surface area contributed by atoms with E-state index < -0.39 is 0 Å². The quantitative estimate of drug-likeness (QED) is 0.596. The molecule has 2 aromatic carbocycles. The molecule has 0 bridgehead atoms. The van der Waals surface area contributed by atoms with Gasteiger partial charge in [0.25, 0.3) is 0 Å². The summed E-state index contributed by atoms with van der Waals surface area (Å²) in [5.41, 5.74) is 3.91. The zero-order valence-electron chi connectivity index (χ0n) is 14.6. The number of fused-ring (bicyclic) bond motifs is 2. The highest BCUT2D eigenvalue weighted by Gasteiger charge is 2.20. The van der Waals surface area contributed by atoms with E-state index in [1.165, 1.54) is 20.9 Å². The summed E-state index contributed by atoms with van der Waals surface area (Å²) in [6.45, 7) is 7.70. The van der Waals surface area contributed by atoms with Crippen molar-refractivity contribution in [3.8, 4) is 0 Å². The molecule has 3 rings (SSSR count). The monoisotopic (exact) mass is 338 g/mol. The van der Waals surface area contributed by atoms with E-state index in [1.807, 2.05) is 64.1 Å². The highest BCUT2D eigenvalue weighted by Crippen LogP contribution is 2.40. The lowest BCUT2D eigenvalue weighted by molar-refractivity contribution is 0.0932. The molecule has 24 heavy (non-hydrogen) atoms. The summed E-state index contributed by atoms with van der Waals surface area (Å²) in [7, 11) is 0. The van der Waals surface area contributed by atoms with E-state index >= 15 is 0 Å². The molecule has 0 atom stereocenters. The second-order valence-corrected chi connectivity index (χ2v) is 8.05. The van der Waals surface area contributed by atoms with Crippen molar-refractivity contribution < 1.29 is 9.59 Å². The highest BCUT2D eigenvalue weighted by molar-refractivity contribution is 7.99. The summed E-state index contributed by atoms with van der Waals surface area (Å²) >= 11 is 1.72. The number of Topliss-reactive ketones (excluding diaryl/α,β-unsaturated/α-hetero) is 2. The first-order chi connectivity index (χ1) is 11.4. The molecule has 0 amide bonds. The Kier molecular flexibility index (Phi) is 4.64. The van der Waals surface area contributed by atoms with Gasteiger partial charge in [0.1, 0.15) is 0 Å². The van der Waals surface area contributed by atoms with Crippen LogP contribution in [0.2, 0.25) is 0 Å². The number of rotatable bonds is 4. The van der Waals surface area contributed by atoms with Gasteiger partial charge < -0.3 is 0 Å². The van der Waals surface area contributed by atoms with Gasteiger partial charge in [-0.3, -0.25) is 9.59 Å². The molecular weight excluding hydrogens is 316 g/mol. The van der Waals surface area contributed by atoms with Gasteiger partial charge in [0.05, 0.1) is 0 Å². The van der Waals surface area contributed by atoms with Crippen molar-refractivity contribution in [1.82, 2.24) is 0 Å². The number of benzene rings is 2. The minimum absolute atomic E-state index is 0.00171. The minimum Gasteiger partial charge on any atom is -0.294 e. The fourth-order valence-corrected chi connectivity index (χ4v) is 3.96. The molecule has 0 saturated carbocycles. The summed E-state index contributed by atoms with van der Waals surface area (Å²) in [6.07, 6.45) is 0.774. The van der Waals surface area contributed by atoms with E-state index in [0.29, 0.717) is 0 Å². The normalized spacial score (nSPS) is 12.9. The van der Waals surface area contributed by atoms with Crippen LogP contribution in [0.5, 0.6) is 0 Å². The van der Waals surface area contributed by atoms with Crippen LogP contribution in [0, 0.1) is 11.8 Å². The Hall–Kier alpha value is -1.87. The van der Waals surface area contributed by atoms with Crippen LogP contribution >= 0.6 is 11.8 Å². The number of hydrogen-bond acceptors (Lipinski definition) is 3. The van der Waals surface area contributed by atoms with Crippen LogP contribution in [0.4, 0.5) is 0 Å². The van der Waals surface area contributed by atoms with E-state index in [2.05, 4.69) is 0 Å². The molecule has 0 radical (unpaired) electrons. The van der Waals surface area contributed by atoms with Gasteiger partial charge in [-0.15, -0.1) is 0 Å². The van der Waals surface area contributed by atoms with Crippen molar-refractivity contribution in [1.29, 1.82) is 0 Å². The van der Waals surface area contributed by atoms with Crippen molar-refractivity contribution in [2.75, 3.05) is 0 Å². The first-order valence-corrected chi connectivity index (χ1v) is 9.20. The van der Waals surface area contributed by atoms with Crippen molar-refractivity contribution in [2.45, 2.75) is 43.9 Å². The topological polar surface area (TPSA) is 34.1 Å². The largest absolute Gasteiger partial charge is 0.294 e. The van der Waals surface area contributed by atoms with E-state index in [-0.39, 0.29) is 23.4 Å². The van der Waals surface area contributed by atoms with Gasteiger partial charge in [-0.1, -0.05) is 51.6 Å². The SMILES string of the molecule is CC(C)C(=O)c1ccc2c(c1)Cc1cc(C(=O)C(C)C)ccc1S2. The van der Waals surface area contributed by atoms with Gasteiger partial charge in [-0.2, -0.15) is 0 Å². The molecule has 2 aromatic rings. The van der Waals surface area contributed by atoms with Crippen LogP contribution in [-0.4, -0.2) is 11.6 Å². The zero-order chi connectivity index (χ0) is 17.4. The van der Waals surface area contributed by atoms with Crippen LogP contribution in [0.25, 0.3) is 0 Å². The molecule has 0 spiro atoms. The number of carbonyl (C=O) groups excluding carboxylic acids is 2. The predicted molar refractivity (Wildman–Crippen MR) is 98.2 cm³/mol. The molecule has 2 nitrogen and oxygen atoms in total. The van der Waals surface area contributed by atoms with Gasteiger partial charge in [0.15, 0.2) is 11.6 Å². The van der Waals surface area contributed by atoms with Gasteiger partial charge in [-0.25, -0.2) is 0 Å². The van der Waals surface area contributed by atoms with Crippen molar-refractivity contribution in [3.63, 3.8) is 0 Å². The molecule has 1 aliphatic rings. The van der Waals surface area contributed by atoms with Crippen molar-refractivity contribution in [3.05, 3.63) is 58.7 Å². The standard InChI is InChI=1S/C21H22O2S/c1-12(2)20(22)14-5-7-18-16(9-14)11-17-10-15(21(23)13(3)4)6-8-19(17)24-18/h5-10,12-13H,11H2,1-4H3. The van der Waals surface area contributed by atoms with E-state index in [9.17, 15) is 9.59 Å². The molecule has 1 aliphatic heterocycles. The maximum atomic E-state index is 12.2. The van der Waals surface area contributed by atoms with Crippen molar-refractivity contribution >= 4 is 23.3 Å². The van der Waals surface area contributed by atoms with E-state index in [4.69, 9.17) is 0 Å². The van der Waals surface area contributed by atoms with Crippen molar-refractivity contribution in [2.24, 2.45) is 11.8 Å². The molecule has 3 heteroatoms. The third-order valence-corrected chi connectivity index (χ3v) is 5.58. The number of carbonyl (C=O) groups is 2. The Morgan fingerprint density at radius 2 is 1.21 bits per heavy atom. The molecule has 0 aromatic heterocycles. The second-order valence-electron chi connectivity index (χ2n) is 6.96. The minimum atomic E-state index is 0.00171. The Labute approximate surface area is 147 Å². The molecule has 1 heterocycles. The third kappa shape index (κ3) is 3.18. The van der Waals surface area contributed by atoms with Gasteiger partial charge >= 0.3 is 0 Å². The first kappa shape index (κ1) is 17.0. The lowest BCUT2D eigenvalue weighted by Crippen LogP contribution is -2.11. The zero-order valence-corrected chi connectivity index (χ0v) is 15.4. The maximum absolute atomic E-state index is 12.2. The third-order valence-electron chi connectivity index (χ3n) is 4.34. The van der Waals surface area contributed by atoms with Crippen LogP contribution in [0.1, 0.15) is 59.5 Å². The fraction of sp³-hybridized carbons (Fsp3) is 0.333. The summed E-state index contributed by atoms with van der Waals surface area (Å²) in [5, 5.41) is 0. The molecule has 0 saturated heterocycles. The molecule has 0 aliphatic carbocycles. The summed E-state index contributed by atoms with van der Waals surface area (Å²) < 4.78 is 0. The fourth-order valence-electron chi connectivity index (χ4n) is 2.93. The van der Waals surface area contributed by atoms with Crippen LogP contribution in [0.3, 0.4) is 0 Å². The smallest absolute Gasteiger partial charge is 0.165 e. The molecule has 0 unspecified atom stereocenters. The Morgan fingerprint density at radius 1 is 0.792 bits per heavy atom. The molecule has 124 valence electrons. The Balaban J connectivity index is 1.94. The Morgan fingerprint density at radius 3 is 1.58 bits per heavy atom. The maximum Gasteiger partial charge on any atom is 0.165 e. The average molecular weight is 338 g/mol.